The number of fused-ring (bicyclic) bond motifs is 1. The quantitative estimate of drug-likeness (QED) is 0.782. The van der Waals surface area contributed by atoms with Crippen LogP contribution < -0.4 is 0 Å². The average molecular weight is 258 g/mol. The summed E-state index contributed by atoms with van der Waals surface area (Å²) in [5.74, 6) is 1.14. The van der Waals surface area contributed by atoms with Crippen molar-refractivity contribution in [3.63, 3.8) is 0 Å². The highest BCUT2D eigenvalue weighted by Gasteiger charge is 2.44. The Bertz CT molecular complexity index is 561. The van der Waals surface area contributed by atoms with Crippen LogP contribution in [0.25, 0.3) is 10.9 Å². The van der Waals surface area contributed by atoms with E-state index in [9.17, 15) is 0 Å². The number of aromatic nitrogens is 1. The zero-order valence-electron chi connectivity index (χ0n) is 10.9. The van der Waals surface area contributed by atoms with Gasteiger partial charge in [-0.1, -0.05) is 24.3 Å². The summed E-state index contributed by atoms with van der Waals surface area (Å²) >= 11 is 1.88. The van der Waals surface area contributed by atoms with E-state index in [1.165, 1.54) is 18.2 Å². The van der Waals surface area contributed by atoms with E-state index < -0.39 is 0 Å². The Morgan fingerprint density at radius 1 is 1.17 bits per heavy atom. The van der Waals surface area contributed by atoms with E-state index in [-0.39, 0.29) is 0 Å². The first-order valence-electron chi connectivity index (χ1n) is 6.36. The summed E-state index contributed by atoms with van der Waals surface area (Å²) in [6.07, 6.45) is 2.64. The largest absolute Gasteiger partial charge is 0.303 e. The van der Waals surface area contributed by atoms with E-state index in [2.05, 4.69) is 49.3 Å². The minimum atomic E-state index is 0.429. The van der Waals surface area contributed by atoms with Gasteiger partial charge in [0.2, 0.25) is 0 Å². The summed E-state index contributed by atoms with van der Waals surface area (Å²) < 4.78 is 0. The molecule has 1 aromatic carbocycles. The van der Waals surface area contributed by atoms with Crippen LogP contribution in [-0.2, 0) is 0 Å². The number of hydrogen-bond acceptors (Lipinski definition) is 3. The molecular weight excluding hydrogens is 240 g/mol. The number of hydrogen-bond donors (Lipinski definition) is 0. The fourth-order valence-corrected chi connectivity index (χ4v) is 3.49. The summed E-state index contributed by atoms with van der Waals surface area (Å²) in [7, 11) is 4.36. The highest BCUT2D eigenvalue weighted by atomic mass is 32.2. The monoisotopic (exact) mass is 258 g/mol. The lowest BCUT2D eigenvalue weighted by Crippen LogP contribution is -2.32. The van der Waals surface area contributed by atoms with Gasteiger partial charge in [0, 0.05) is 16.7 Å². The molecule has 0 spiro atoms. The Kier molecular flexibility index (Phi) is 3.04. The van der Waals surface area contributed by atoms with E-state index in [0.717, 1.165) is 16.3 Å². The second kappa shape index (κ2) is 4.56. The van der Waals surface area contributed by atoms with Crippen LogP contribution >= 0.6 is 11.8 Å². The van der Waals surface area contributed by atoms with Gasteiger partial charge in [-0.25, -0.2) is 4.98 Å². The van der Waals surface area contributed by atoms with Crippen LogP contribution in [0.3, 0.4) is 0 Å². The summed E-state index contributed by atoms with van der Waals surface area (Å²) in [5, 5.41) is 2.36. The number of para-hydroxylation sites is 1. The van der Waals surface area contributed by atoms with E-state index in [4.69, 9.17) is 4.98 Å². The summed E-state index contributed by atoms with van der Waals surface area (Å²) in [6.45, 7) is 0. The molecule has 1 saturated carbocycles. The smallest absolute Gasteiger partial charge is 0.0968 e. The highest BCUT2D eigenvalue weighted by molar-refractivity contribution is 7.99. The van der Waals surface area contributed by atoms with E-state index in [1.54, 1.807) is 0 Å². The molecule has 0 saturated heterocycles. The average Bonchev–Trinajstić information content (AvgIpc) is 3.17. The van der Waals surface area contributed by atoms with Gasteiger partial charge in [-0.15, -0.1) is 11.8 Å². The molecule has 0 atom stereocenters. The molecular formula is C15H18N2S. The Hall–Kier alpha value is -1.06. The van der Waals surface area contributed by atoms with Crippen LogP contribution in [0.1, 0.15) is 12.8 Å². The van der Waals surface area contributed by atoms with Crippen molar-refractivity contribution in [1.29, 1.82) is 0 Å². The Balaban J connectivity index is 1.75. The number of benzene rings is 1. The molecule has 2 nitrogen and oxygen atoms in total. The summed E-state index contributed by atoms with van der Waals surface area (Å²) in [4.78, 5) is 7.07. The molecule has 1 aliphatic carbocycles. The van der Waals surface area contributed by atoms with Crippen molar-refractivity contribution in [2.45, 2.75) is 23.4 Å². The molecule has 0 bridgehead atoms. The first-order chi connectivity index (χ1) is 8.70. The maximum absolute atomic E-state index is 4.71. The molecule has 3 rings (SSSR count). The normalized spacial score (nSPS) is 17.3. The van der Waals surface area contributed by atoms with E-state index >= 15 is 0 Å². The molecule has 0 N–H and O–H groups in total. The second-order valence-corrected chi connectivity index (χ2v) is 6.25. The third kappa shape index (κ3) is 2.25. The summed E-state index contributed by atoms with van der Waals surface area (Å²) in [5.41, 5.74) is 1.52. The Morgan fingerprint density at radius 2 is 1.94 bits per heavy atom. The molecule has 18 heavy (non-hydrogen) atoms. The van der Waals surface area contributed by atoms with Crippen LogP contribution in [0.4, 0.5) is 0 Å². The third-order valence-electron chi connectivity index (χ3n) is 3.84. The van der Waals surface area contributed by atoms with E-state index in [1.807, 2.05) is 17.8 Å². The minimum absolute atomic E-state index is 0.429. The van der Waals surface area contributed by atoms with Gasteiger partial charge in [0.1, 0.15) is 0 Å². The van der Waals surface area contributed by atoms with E-state index in [0.29, 0.717) is 5.54 Å². The Morgan fingerprint density at radius 3 is 2.67 bits per heavy atom. The molecule has 1 fully saturated rings. The first-order valence-corrected chi connectivity index (χ1v) is 7.34. The molecule has 3 heteroatoms. The second-order valence-electron chi connectivity index (χ2n) is 5.25. The van der Waals surface area contributed by atoms with Gasteiger partial charge >= 0.3 is 0 Å². The molecule has 1 aromatic heterocycles. The predicted octanol–water partition coefficient (Wildman–Crippen LogP) is 3.42. The van der Waals surface area contributed by atoms with Crippen LogP contribution in [0.2, 0.25) is 0 Å². The third-order valence-corrected chi connectivity index (χ3v) is 5.04. The lowest BCUT2D eigenvalue weighted by atomic mass is 10.2. The number of nitrogens with zero attached hydrogens (tertiary/aromatic N) is 2. The Labute approximate surface area is 112 Å². The minimum Gasteiger partial charge on any atom is -0.303 e. The lowest BCUT2D eigenvalue weighted by molar-refractivity contribution is 0.299. The van der Waals surface area contributed by atoms with Gasteiger partial charge in [-0.05, 0) is 39.1 Å². The van der Waals surface area contributed by atoms with Crippen LogP contribution in [0, 0.1) is 0 Å². The van der Waals surface area contributed by atoms with Gasteiger partial charge in [-0.2, -0.15) is 0 Å². The zero-order valence-corrected chi connectivity index (χ0v) is 11.7. The van der Waals surface area contributed by atoms with Crippen molar-refractivity contribution in [3.05, 3.63) is 36.4 Å². The van der Waals surface area contributed by atoms with Crippen molar-refractivity contribution >= 4 is 22.7 Å². The van der Waals surface area contributed by atoms with Gasteiger partial charge < -0.3 is 4.90 Å². The molecule has 94 valence electrons. The first kappa shape index (κ1) is 12.0. The highest BCUT2D eigenvalue weighted by Crippen LogP contribution is 2.43. The fraction of sp³-hybridized carbons (Fsp3) is 0.400. The van der Waals surface area contributed by atoms with Gasteiger partial charge in [-0.3, -0.25) is 0 Å². The molecule has 0 radical (unpaired) electrons. The molecule has 0 aliphatic heterocycles. The van der Waals surface area contributed by atoms with Crippen molar-refractivity contribution < 1.29 is 0 Å². The SMILES string of the molecule is CN(C)C1(CSc2ccc3ccccc3n2)CC1. The van der Waals surface area contributed by atoms with Crippen LogP contribution in [0.15, 0.2) is 41.4 Å². The van der Waals surface area contributed by atoms with Crippen molar-refractivity contribution in [1.82, 2.24) is 9.88 Å². The van der Waals surface area contributed by atoms with Crippen molar-refractivity contribution in [3.8, 4) is 0 Å². The van der Waals surface area contributed by atoms with Crippen LogP contribution in [0.5, 0.6) is 0 Å². The molecule has 1 heterocycles. The van der Waals surface area contributed by atoms with Gasteiger partial charge in [0.25, 0.3) is 0 Å². The molecule has 2 aromatic rings. The predicted molar refractivity (Wildman–Crippen MR) is 78.1 cm³/mol. The molecule has 0 amide bonds. The zero-order chi connectivity index (χ0) is 12.6. The van der Waals surface area contributed by atoms with Gasteiger partial charge in [0.05, 0.1) is 10.5 Å². The molecule has 0 unspecified atom stereocenters. The molecule has 1 aliphatic rings. The lowest BCUT2D eigenvalue weighted by Gasteiger charge is -2.22. The number of rotatable bonds is 4. The number of pyridine rings is 1. The van der Waals surface area contributed by atoms with Crippen molar-refractivity contribution in [2.24, 2.45) is 0 Å². The number of thioether (sulfide) groups is 1. The summed E-state index contributed by atoms with van der Waals surface area (Å²) in [6, 6.07) is 12.6. The fourth-order valence-electron chi connectivity index (χ4n) is 2.20. The standard InChI is InChI=1S/C15H18N2S/c1-17(2)15(9-10-15)11-18-14-8-7-12-5-3-4-6-13(12)16-14/h3-8H,9-11H2,1-2H3. The maximum atomic E-state index is 4.71. The van der Waals surface area contributed by atoms with Crippen molar-refractivity contribution in [2.75, 3.05) is 19.8 Å². The maximum Gasteiger partial charge on any atom is 0.0968 e. The van der Waals surface area contributed by atoms with Crippen LogP contribution in [-0.4, -0.2) is 35.3 Å². The topological polar surface area (TPSA) is 16.1 Å². The van der Waals surface area contributed by atoms with Gasteiger partial charge in [0.15, 0.2) is 0 Å².